The van der Waals surface area contributed by atoms with Gasteiger partial charge in [-0.15, -0.1) is 24.2 Å². The van der Waals surface area contributed by atoms with Crippen LogP contribution in [0, 0.1) is 6.92 Å². The Hall–Kier alpha value is -0.670. The zero-order chi connectivity index (χ0) is 18.6. The molecular weight excluding hydrogens is 417 g/mol. The Morgan fingerprint density at radius 3 is 2.50 bits per heavy atom. The summed E-state index contributed by atoms with van der Waals surface area (Å²) in [6, 6.07) is 2.67. The number of hydrogen-bond donors (Lipinski definition) is 1. The molecule has 26 heavy (non-hydrogen) atoms. The SMILES string of the molecule is CCN(CC)CCSc1cc(Cl)c(C)cc1S(=O)(=O)N1CCNC1=O.Cl. The molecule has 148 valence electrons. The molecule has 0 aliphatic carbocycles. The highest BCUT2D eigenvalue weighted by atomic mass is 35.5. The number of carbonyl (C=O) groups is 1. The summed E-state index contributed by atoms with van der Waals surface area (Å²) in [5.41, 5.74) is 0.674. The average Bonchev–Trinajstić information content (AvgIpc) is 3.01. The molecule has 1 heterocycles. The van der Waals surface area contributed by atoms with E-state index < -0.39 is 16.1 Å². The maximum atomic E-state index is 12.9. The number of nitrogens with zero attached hydrogens (tertiary/aromatic N) is 2. The highest BCUT2D eigenvalue weighted by molar-refractivity contribution is 8.00. The lowest BCUT2D eigenvalue weighted by Crippen LogP contribution is -2.34. The van der Waals surface area contributed by atoms with E-state index in [2.05, 4.69) is 24.1 Å². The summed E-state index contributed by atoms with van der Waals surface area (Å²) in [4.78, 5) is 14.8. The molecule has 0 radical (unpaired) electrons. The van der Waals surface area contributed by atoms with E-state index in [4.69, 9.17) is 11.6 Å². The average molecular weight is 442 g/mol. The quantitative estimate of drug-likeness (QED) is 0.627. The molecule has 2 rings (SSSR count). The minimum Gasteiger partial charge on any atom is -0.335 e. The number of benzene rings is 1. The van der Waals surface area contributed by atoms with Gasteiger partial charge in [-0.1, -0.05) is 25.4 Å². The van der Waals surface area contributed by atoms with Crippen LogP contribution in [0.4, 0.5) is 4.79 Å². The van der Waals surface area contributed by atoms with Crippen LogP contribution in [-0.4, -0.2) is 62.1 Å². The van der Waals surface area contributed by atoms with Gasteiger partial charge in [-0.3, -0.25) is 0 Å². The number of rotatable bonds is 8. The van der Waals surface area contributed by atoms with Crippen molar-refractivity contribution >= 4 is 51.8 Å². The van der Waals surface area contributed by atoms with Gasteiger partial charge >= 0.3 is 6.03 Å². The highest BCUT2D eigenvalue weighted by Gasteiger charge is 2.34. The molecule has 0 atom stereocenters. The van der Waals surface area contributed by atoms with Gasteiger partial charge in [0, 0.05) is 28.8 Å². The molecule has 1 N–H and O–H groups in total. The maximum absolute atomic E-state index is 12.9. The van der Waals surface area contributed by atoms with Gasteiger partial charge in [0.1, 0.15) is 4.90 Å². The Morgan fingerprint density at radius 2 is 1.96 bits per heavy atom. The number of hydrogen-bond acceptors (Lipinski definition) is 5. The molecule has 1 aromatic carbocycles. The lowest BCUT2D eigenvalue weighted by molar-refractivity contribution is 0.235. The zero-order valence-electron chi connectivity index (χ0n) is 15.1. The molecule has 6 nitrogen and oxygen atoms in total. The van der Waals surface area contributed by atoms with Crippen molar-refractivity contribution in [3.05, 3.63) is 22.7 Å². The Balaban J connectivity index is 0.00000338. The third-order valence-electron chi connectivity index (χ3n) is 4.17. The summed E-state index contributed by atoms with van der Waals surface area (Å²) in [5, 5.41) is 3.06. The first-order chi connectivity index (χ1) is 11.8. The van der Waals surface area contributed by atoms with Gasteiger partial charge < -0.3 is 10.2 Å². The second-order valence-electron chi connectivity index (χ2n) is 5.73. The topological polar surface area (TPSA) is 69.7 Å². The Morgan fingerprint density at radius 1 is 1.31 bits per heavy atom. The summed E-state index contributed by atoms with van der Waals surface area (Å²) < 4.78 is 26.8. The van der Waals surface area contributed by atoms with Gasteiger partial charge in [0.2, 0.25) is 0 Å². The van der Waals surface area contributed by atoms with E-state index in [1.807, 2.05) is 0 Å². The first-order valence-corrected chi connectivity index (χ1v) is 11.1. The molecule has 2 amide bonds. The second-order valence-corrected chi connectivity index (χ2v) is 9.11. The number of nitrogens with one attached hydrogen (secondary N) is 1. The maximum Gasteiger partial charge on any atom is 0.331 e. The predicted molar refractivity (Wildman–Crippen MR) is 109 cm³/mol. The molecule has 0 aromatic heterocycles. The van der Waals surface area contributed by atoms with Crippen LogP contribution in [0.25, 0.3) is 0 Å². The van der Waals surface area contributed by atoms with E-state index in [1.54, 1.807) is 19.1 Å². The van der Waals surface area contributed by atoms with Gasteiger partial charge in [0.25, 0.3) is 10.0 Å². The van der Waals surface area contributed by atoms with Crippen LogP contribution < -0.4 is 5.32 Å². The fourth-order valence-electron chi connectivity index (χ4n) is 2.58. The van der Waals surface area contributed by atoms with Crippen molar-refractivity contribution in [1.82, 2.24) is 14.5 Å². The van der Waals surface area contributed by atoms with E-state index >= 15 is 0 Å². The standard InChI is InChI=1S/C16H24ClN3O3S2.ClH/c1-4-19(5-2)8-9-24-14-11-13(17)12(3)10-15(14)25(22,23)20-7-6-18-16(20)21;/h10-11H,4-9H2,1-3H3,(H,18,21);1H. The molecule has 0 bridgehead atoms. The van der Waals surface area contributed by atoms with Crippen molar-refractivity contribution in [1.29, 1.82) is 0 Å². The normalized spacial score (nSPS) is 14.5. The minimum atomic E-state index is -3.89. The summed E-state index contributed by atoms with van der Waals surface area (Å²) in [7, 11) is -3.89. The van der Waals surface area contributed by atoms with E-state index in [9.17, 15) is 13.2 Å². The van der Waals surface area contributed by atoms with Gasteiger partial charge in [0.15, 0.2) is 0 Å². The molecule has 1 saturated heterocycles. The van der Waals surface area contributed by atoms with Crippen LogP contribution in [0.3, 0.4) is 0 Å². The fraction of sp³-hybridized carbons (Fsp3) is 0.562. The first kappa shape index (κ1) is 23.4. The van der Waals surface area contributed by atoms with E-state index in [1.165, 1.54) is 11.8 Å². The van der Waals surface area contributed by atoms with Crippen molar-refractivity contribution in [2.45, 2.75) is 30.6 Å². The monoisotopic (exact) mass is 441 g/mol. The van der Waals surface area contributed by atoms with Crippen LogP contribution in [0.15, 0.2) is 21.9 Å². The second kappa shape index (κ2) is 10.0. The molecule has 10 heteroatoms. The van der Waals surface area contributed by atoms with Crippen LogP contribution >= 0.6 is 35.8 Å². The lowest BCUT2D eigenvalue weighted by atomic mass is 10.2. The molecule has 1 fully saturated rings. The third kappa shape index (κ3) is 5.19. The molecule has 1 aliphatic rings. The van der Waals surface area contributed by atoms with Crippen LogP contribution in [0.1, 0.15) is 19.4 Å². The fourth-order valence-corrected chi connectivity index (χ4v) is 5.76. The van der Waals surface area contributed by atoms with E-state index in [0.717, 1.165) is 29.7 Å². The van der Waals surface area contributed by atoms with Crippen molar-refractivity contribution in [2.75, 3.05) is 38.5 Å². The minimum absolute atomic E-state index is 0. The van der Waals surface area contributed by atoms with Gasteiger partial charge in [-0.2, -0.15) is 0 Å². The smallest absolute Gasteiger partial charge is 0.331 e. The van der Waals surface area contributed by atoms with Gasteiger partial charge in [0.05, 0.1) is 6.54 Å². The number of amides is 2. The number of thioether (sulfide) groups is 1. The molecule has 1 aliphatic heterocycles. The highest BCUT2D eigenvalue weighted by Crippen LogP contribution is 2.34. The van der Waals surface area contributed by atoms with Crippen molar-refractivity contribution in [3.63, 3.8) is 0 Å². The third-order valence-corrected chi connectivity index (χ3v) is 7.56. The molecule has 0 spiro atoms. The molecular formula is C16H25Cl2N3O3S2. The van der Waals surface area contributed by atoms with E-state index in [-0.39, 0.29) is 23.8 Å². The number of sulfonamides is 1. The summed E-state index contributed by atoms with van der Waals surface area (Å²) in [6.07, 6.45) is 0. The van der Waals surface area contributed by atoms with Gasteiger partial charge in [-0.05, 0) is 37.7 Å². The number of carbonyl (C=O) groups excluding carboxylic acids is 1. The first-order valence-electron chi connectivity index (χ1n) is 8.27. The Labute approximate surface area is 171 Å². The molecule has 0 saturated carbocycles. The van der Waals surface area contributed by atoms with Crippen LogP contribution in [0.5, 0.6) is 0 Å². The molecule has 1 aromatic rings. The summed E-state index contributed by atoms with van der Waals surface area (Å²) in [5.74, 6) is 0.746. The summed E-state index contributed by atoms with van der Waals surface area (Å²) >= 11 is 7.66. The van der Waals surface area contributed by atoms with Crippen molar-refractivity contribution in [2.24, 2.45) is 0 Å². The number of halogens is 2. The zero-order valence-corrected chi connectivity index (χ0v) is 18.3. The van der Waals surface area contributed by atoms with Crippen molar-refractivity contribution in [3.8, 4) is 0 Å². The van der Waals surface area contributed by atoms with Crippen LogP contribution in [0.2, 0.25) is 5.02 Å². The largest absolute Gasteiger partial charge is 0.335 e. The molecule has 0 unspecified atom stereocenters. The van der Waals surface area contributed by atoms with Gasteiger partial charge in [-0.25, -0.2) is 17.5 Å². The Kier molecular flexibility index (Phi) is 9.02. The van der Waals surface area contributed by atoms with Crippen molar-refractivity contribution < 1.29 is 13.2 Å². The summed E-state index contributed by atoms with van der Waals surface area (Å²) in [6.45, 7) is 9.18. The predicted octanol–water partition coefficient (Wildman–Crippen LogP) is 3.22. The number of urea groups is 1. The van der Waals surface area contributed by atoms with Crippen LogP contribution in [-0.2, 0) is 10.0 Å². The number of aryl methyl sites for hydroxylation is 1. The Bertz CT molecular complexity index is 741. The lowest BCUT2D eigenvalue weighted by Gasteiger charge is -2.20. The van der Waals surface area contributed by atoms with E-state index in [0.29, 0.717) is 22.0 Å².